The molecule has 6 nitrogen and oxygen atoms in total. The Morgan fingerprint density at radius 1 is 0.444 bits per heavy atom. The number of aliphatic hydroxyl groups excluding tert-OH is 2. The average Bonchev–Trinajstić information content (AvgIpc) is 3.17. The van der Waals surface area contributed by atoms with Gasteiger partial charge in [0.15, 0.2) is 0 Å². The highest BCUT2D eigenvalue weighted by atomic mass is 16.5. The maximum atomic E-state index is 12.4. The second-order valence-electron chi connectivity index (χ2n) is 16.8. The van der Waals surface area contributed by atoms with Crippen molar-refractivity contribution < 1.29 is 24.5 Å². The zero-order valence-corrected chi connectivity index (χ0v) is 36.5. The van der Waals surface area contributed by atoms with E-state index in [0.717, 1.165) is 57.8 Å². The number of rotatable bonds is 45. The molecule has 1 amide bonds. The van der Waals surface area contributed by atoms with Crippen LogP contribution in [0.2, 0.25) is 0 Å². The molecule has 0 bridgehead atoms. The van der Waals surface area contributed by atoms with Crippen LogP contribution in [0, 0.1) is 0 Å². The Hall–Kier alpha value is -1.14. The van der Waals surface area contributed by atoms with Crippen LogP contribution in [0.3, 0.4) is 0 Å². The van der Waals surface area contributed by atoms with Gasteiger partial charge in [0.2, 0.25) is 5.91 Å². The number of unbranched alkanes of at least 4 members (excludes halogenated alkanes) is 34. The molecule has 2 atom stereocenters. The maximum absolute atomic E-state index is 12.4. The van der Waals surface area contributed by atoms with Crippen LogP contribution in [0.4, 0.5) is 0 Å². The minimum absolute atomic E-state index is 0.0218. The molecule has 3 N–H and O–H groups in total. The van der Waals surface area contributed by atoms with Gasteiger partial charge in [0, 0.05) is 12.8 Å². The van der Waals surface area contributed by atoms with Gasteiger partial charge in [-0.3, -0.25) is 9.59 Å². The number of amides is 1. The number of carbonyl (C=O) groups excluding carboxylic acids is 2. The minimum Gasteiger partial charge on any atom is -0.466 e. The van der Waals surface area contributed by atoms with Crippen molar-refractivity contribution >= 4 is 11.9 Å². The lowest BCUT2D eigenvalue weighted by Gasteiger charge is -2.22. The lowest BCUT2D eigenvalue weighted by molar-refractivity contribution is -0.143. The molecule has 0 saturated heterocycles. The zero-order valence-electron chi connectivity index (χ0n) is 36.5. The molecule has 0 spiro atoms. The van der Waals surface area contributed by atoms with Gasteiger partial charge in [0.05, 0.1) is 25.4 Å². The van der Waals surface area contributed by atoms with Gasteiger partial charge < -0.3 is 20.3 Å². The molecule has 0 aliphatic heterocycles. The number of aliphatic hydroxyl groups is 2. The number of esters is 1. The molecule has 0 aromatic rings. The fourth-order valence-corrected chi connectivity index (χ4v) is 7.64. The summed E-state index contributed by atoms with van der Waals surface area (Å²) in [6.45, 7) is 4.90. The zero-order chi connectivity index (χ0) is 39.4. The van der Waals surface area contributed by atoms with Crippen molar-refractivity contribution in [3.8, 4) is 0 Å². The Kier molecular flexibility index (Phi) is 43.6. The smallest absolute Gasteiger partial charge is 0.305 e. The molecule has 0 aliphatic carbocycles. The lowest BCUT2D eigenvalue weighted by Crippen LogP contribution is -2.45. The summed E-state index contributed by atoms with van der Waals surface area (Å²) < 4.78 is 5.45. The van der Waals surface area contributed by atoms with Crippen LogP contribution < -0.4 is 5.32 Å². The first-order valence-corrected chi connectivity index (χ1v) is 24.3. The Morgan fingerprint density at radius 2 is 0.759 bits per heavy atom. The summed E-state index contributed by atoms with van der Waals surface area (Å²) >= 11 is 0. The molecule has 6 heteroatoms. The minimum atomic E-state index is -0.678. The fourth-order valence-electron chi connectivity index (χ4n) is 7.64. The van der Waals surface area contributed by atoms with Crippen LogP contribution in [0.15, 0.2) is 0 Å². The van der Waals surface area contributed by atoms with E-state index in [0.29, 0.717) is 25.9 Å². The van der Waals surface area contributed by atoms with Crippen LogP contribution >= 0.6 is 0 Å². The molecule has 0 heterocycles. The summed E-state index contributed by atoms with van der Waals surface area (Å²) in [7, 11) is 0. The molecule has 0 rings (SSSR count). The third-order valence-electron chi connectivity index (χ3n) is 11.4. The molecule has 0 aromatic heterocycles. The Balaban J connectivity index is 3.46. The van der Waals surface area contributed by atoms with Crippen molar-refractivity contribution in [1.82, 2.24) is 5.32 Å². The highest BCUT2D eigenvalue weighted by Crippen LogP contribution is 2.16. The van der Waals surface area contributed by atoms with Crippen molar-refractivity contribution in [1.29, 1.82) is 0 Å². The van der Waals surface area contributed by atoms with Gasteiger partial charge in [0.25, 0.3) is 0 Å². The van der Waals surface area contributed by atoms with Crippen LogP contribution in [0.5, 0.6) is 0 Å². The Morgan fingerprint density at radius 3 is 1.13 bits per heavy atom. The highest BCUT2D eigenvalue weighted by Gasteiger charge is 2.20. The van der Waals surface area contributed by atoms with E-state index in [1.807, 2.05) is 0 Å². The molecule has 0 aromatic carbocycles. The Labute approximate surface area is 336 Å². The highest BCUT2D eigenvalue weighted by molar-refractivity contribution is 5.76. The SMILES string of the molecule is CCCCCCCCCCCCCCCCCC(=O)OCCCCCCCCCCCC(=O)NC(CO)C(O)CCCCCCCCCCCCCCC. The standard InChI is InChI=1S/C48H95NO5/c1-3-5-7-9-11-13-15-17-18-20-22-26-30-34-38-42-48(53)54-43-39-35-31-27-23-25-29-33-37-41-47(52)49-45(44-50)46(51)40-36-32-28-24-21-19-16-14-12-10-8-6-4-2/h45-46,50-51H,3-44H2,1-2H3,(H,49,52). The van der Waals surface area contributed by atoms with E-state index in [2.05, 4.69) is 19.2 Å². The maximum Gasteiger partial charge on any atom is 0.305 e. The first-order valence-electron chi connectivity index (χ1n) is 24.3. The molecule has 0 saturated carbocycles. The summed E-state index contributed by atoms with van der Waals surface area (Å²) in [5.74, 6) is -0.0829. The molecule has 0 radical (unpaired) electrons. The second-order valence-corrected chi connectivity index (χ2v) is 16.8. The normalized spacial score (nSPS) is 12.6. The van der Waals surface area contributed by atoms with E-state index in [-0.39, 0.29) is 18.5 Å². The average molecular weight is 766 g/mol. The fraction of sp³-hybridized carbons (Fsp3) is 0.958. The topological polar surface area (TPSA) is 95.9 Å². The quantitative estimate of drug-likeness (QED) is 0.0424. The predicted octanol–water partition coefficient (Wildman–Crippen LogP) is 14.0. The number of hydrogen-bond donors (Lipinski definition) is 3. The van der Waals surface area contributed by atoms with Gasteiger partial charge in [0.1, 0.15) is 0 Å². The molecule has 54 heavy (non-hydrogen) atoms. The predicted molar refractivity (Wildman–Crippen MR) is 232 cm³/mol. The van der Waals surface area contributed by atoms with E-state index < -0.39 is 12.1 Å². The van der Waals surface area contributed by atoms with Crippen LogP contribution in [-0.2, 0) is 14.3 Å². The molecule has 0 fully saturated rings. The number of hydrogen-bond acceptors (Lipinski definition) is 5. The number of carbonyl (C=O) groups is 2. The lowest BCUT2D eigenvalue weighted by atomic mass is 10.0. The van der Waals surface area contributed by atoms with Crippen molar-refractivity contribution in [2.24, 2.45) is 0 Å². The van der Waals surface area contributed by atoms with Crippen molar-refractivity contribution in [2.75, 3.05) is 13.2 Å². The second kappa shape index (κ2) is 44.6. The summed E-state index contributed by atoms with van der Waals surface area (Å²) in [6, 6.07) is -0.558. The molecule has 2 unspecified atom stereocenters. The monoisotopic (exact) mass is 766 g/mol. The molecular formula is C48H95NO5. The van der Waals surface area contributed by atoms with E-state index >= 15 is 0 Å². The number of ether oxygens (including phenoxy) is 1. The van der Waals surface area contributed by atoms with Crippen molar-refractivity contribution in [3.63, 3.8) is 0 Å². The Bertz CT molecular complexity index is 761. The van der Waals surface area contributed by atoms with Crippen LogP contribution in [0.25, 0.3) is 0 Å². The van der Waals surface area contributed by atoms with Crippen molar-refractivity contribution in [3.05, 3.63) is 0 Å². The third kappa shape index (κ3) is 40.5. The van der Waals surface area contributed by atoms with Crippen LogP contribution in [0.1, 0.15) is 271 Å². The molecule has 0 aliphatic rings. The summed E-state index contributed by atoms with van der Waals surface area (Å²) in [5, 5.41) is 23.1. The van der Waals surface area contributed by atoms with E-state index in [1.54, 1.807) is 0 Å². The third-order valence-corrected chi connectivity index (χ3v) is 11.4. The van der Waals surface area contributed by atoms with Gasteiger partial charge in [-0.15, -0.1) is 0 Å². The number of nitrogens with one attached hydrogen (secondary N) is 1. The van der Waals surface area contributed by atoms with Gasteiger partial charge in [-0.1, -0.05) is 232 Å². The van der Waals surface area contributed by atoms with E-state index in [4.69, 9.17) is 4.74 Å². The van der Waals surface area contributed by atoms with E-state index in [9.17, 15) is 19.8 Å². The van der Waals surface area contributed by atoms with Crippen LogP contribution in [-0.4, -0.2) is 47.4 Å². The van der Waals surface area contributed by atoms with Gasteiger partial charge in [-0.25, -0.2) is 0 Å². The molecular weight excluding hydrogens is 671 g/mol. The summed E-state index contributed by atoms with van der Waals surface area (Å²) in [5.41, 5.74) is 0. The first kappa shape index (κ1) is 52.9. The summed E-state index contributed by atoms with van der Waals surface area (Å²) in [6.07, 6.45) is 47.7. The van der Waals surface area contributed by atoms with E-state index in [1.165, 1.54) is 180 Å². The van der Waals surface area contributed by atoms with Crippen molar-refractivity contribution in [2.45, 2.75) is 283 Å². The van der Waals surface area contributed by atoms with Gasteiger partial charge in [-0.2, -0.15) is 0 Å². The molecule has 322 valence electrons. The first-order chi connectivity index (χ1) is 26.5. The van der Waals surface area contributed by atoms with Gasteiger partial charge in [-0.05, 0) is 25.7 Å². The summed E-state index contributed by atoms with van der Waals surface area (Å²) in [4.78, 5) is 24.4. The van der Waals surface area contributed by atoms with Gasteiger partial charge >= 0.3 is 5.97 Å². The largest absolute Gasteiger partial charge is 0.466 e.